The summed E-state index contributed by atoms with van der Waals surface area (Å²) in [5.41, 5.74) is 4.50. The van der Waals surface area contributed by atoms with Crippen molar-refractivity contribution >= 4 is 22.1 Å². The molecule has 4 rings (SSSR count). The Kier molecular flexibility index (Phi) is 8.62. The van der Waals surface area contributed by atoms with Gasteiger partial charge in [-0.3, -0.25) is 4.79 Å². The second kappa shape index (κ2) is 12.3. The summed E-state index contributed by atoms with van der Waals surface area (Å²) in [5.74, 6) is 0.217. The quantitative estimate of drug-likeness (QED) is 0.223. The highest BCUT2D eigenvalue weighted by atomic mass is 32.2. The lowest BCUT2D eigenvalue weighted by Crippen LogP contribution is -2.39. The highest BCUT2D eigenvalue weighted by molar-refractivity contribution is 7.89. The fourth-order valence-electron chi connectivity index (χ4n) is 3.54. The first-order valence-electron chi connectivity index (χ1n) is 11.8. The Morgan fingerprint density at radius 3 is 2.32 bits per heavy atom. The maximum Gasteiger partial charge on any atom is 0.255 e. The zero-order chi connectivity index (χ0) is 27.0. The lowest BCUT2D eigenvalue weighted by atomic mass is 10.2. The number of nitrogens with zero attached hydrogens (tertiary/aromatic N) is 2. The number of benzene rings is 4. The van der Waals surface area contributed by atoms with Gasteiger partial charge in [-0.2, -0.15) is 9.41 Å². The van der Waals surface area contributed by atoms with E-state index in [2.05, 4.69) is 10.5 Å². The van der Waals surface area contributed by atoms with E-state index in [-0.39, 0.29) is 11.4 Å². The minimum absolute atomic E-state index is 0.0525. The zero-order valence-corrected chi connectivity index (χ0v) is 21.4. The average molecular weight is 532 g/mol. The topological polar surface area (TPSA) is 88.1 Å². The van der Waals surface area contributed by atoms with Gasteiger partial charge in [0.05, 0.1) is 17.7 Å². The number of carbonyl (C=O) groups is 1. The average Bonchev–Trinajstić information content (AvgIpc) is 2.90. The standard InChI is InChI=1S/C29H26FN3O4S/c1-22-10-16-28(17-11-22)38(35,36)33(20-23-12-14-25(30)15-13-23)21-29(34)32-31-19-24-6-5-9-27(18-24)37-26-7-3-2-4-8-26/h2-19H,20-21H2,1H3,(H,32,34)/b31-19-. The molecular weight excluding hydrogens is 505 g/mol. The molecule has 194 valence electrons. The molecule has 0 unspecified atom stereocenters. The third kappa shape index (κ3) is 7.34. The second-order valence-electron chi connectivity index (χ2n) is 8.49. The first kappa shape index (κ1) is 26.7. The molecule has 0 aliphatic rings. The van der Waals surface area contributed by atoms with Crippen LogP contribution in [0.15, 0.2) is 113 Å². The van der Waals surface area contributed by atoms with E-state index in [0.717, 1.165) is 9.87 Å². The predicted molar refractivity (Wildman–Crippen MR) is 144 cm³/mol. The Bertz CT molecular complexity index is 1510. The Hall–Kier alpha value is -4.34. The van der Waals surface area contributed by atoms with Crippen molar-refractivity contribution in [3.8, 4) is 11.5 Å². The van der Waals surface area contributed by atoms with Gasteiger partial charge in [0, 0.05) is 6.54 Å². The number of nitrogens with one attached hydrogen (secondary N) is 1. The van der Waals surface area contributed by atoms with E-state index >= 15 is 0 Å². The van der Waals surface area contributed by atoms with Crippen molar-refractivity contribution in [1.82, 2.24) is 9.73 Å². The molecule has 7 nitrogen and oxygen atoms in total. The lowest BCUT2D eigenvalue weighted by molar-refractivity contribution is -0.121. The highest BCUT2D eigenvalue weighted by Gasteiger charge is 2.27. The summed E-state index contributed by atoms with van der Waals surface area (Å²) in [7, 11) is -4.02. The summed E-state index contributed by atoms with van der Waals surface area (Å²) >= 11 is 0. The highest BCUT2D eigenvalue weighted by Crippen LogP contribution is 2.22. The lowest BCUT2D eigenvalue weighted by Gasteiger charge is -2.21. The molecule has 4 aromatic carbocycles. The van der Waals surface area contributed by atoms with Crippen LogP contribution >= 0.6 is 0 Å². The van der Waals surface area contributed by atoms with Crippen LogP contribution in [0, 0.1) is 12.7 Å². The normalized spacial score (nSPS) is 11.6. The Morgan fingerprint density at radius 1 is 0.921 bits per heavy atom. The monoisotopic (exact) mass is 531 g/mol. The summed E-state index contributed by atoms with van der Waals surface area (Å²) in [6, 6.07) is 28.2. The van der Waals surface area contributed by atoms with Crippen LogP contribution in [0.4, 0.5) is 4.39 Å². The van der Waals surface area contributed by atoms with Gasteiger partial charge in [0.2, 0.25) is 10.0 Å². The molecule has 0 bridgehead atoms. The van der Waals surface area contributed by atoms with Gasteiger partial charge in [-0.1, -0.05) is 60.2 Å². The second-order valence-corrected chi connectivity index (χ2v) is 10.4. The number of hydrazone groups is 1. The van der Waals surface area contributed by atoms with E-state index in [1.165, 1.54) is 42.6 Å². The third-order valence-corrected chi connectivity index (χ3v) is 7.30. The Labute approximate surface area is 221 Å². The van der Waals surface area contributed by atoms with Crippen LogP contribution in [0.25, 0.3) is 0 Å². The molecule has 0 aliphatic heterocycles. The summed E-state index contributed by atoms with van der Waals surface area (Å²) in [4.78, 5) is 12.8. The fraction of sp³-hybridized carbons (Fsp3) is 0.103. The minimum Gasteiger partial charge on any atom is -0.457 e. The number of halogens is 1. The fourth-order valence-corrected chi connectivity index (χ4v) is 4.92. The van der Waals surface area contributed by atoms with E-state index < -0.39 is 28.3 Å². The first-order valence-corrected chi connectivity index (χ1v) is 13.2. The number of para-hydroxylation sites is 1. The van der Waals surface area contributed by atoms with Crippen molar-refractivity contribution in [2.24, 2.45) is 5.10 Å². The number of hydrogen-bond donors (Lipinski definition) is 1. The molecule has 38 heavy (non-hydrogen) atoms. The van der Waals surface area contributed by atoms with Gasteiger partial charge in [0.15, 0.2) is 0 Å². The number of carbonyl (C=O) groups excluding carboxylic acids is 1. The molecule has 4 aromatic rings. The largest absolute Gasteiger partial charge is 0.457 e. The van der Waals surface area contributed by atoms with E-state index in [1.54, 1.807) is 36.4 Å². The molecule has 9 heteroatoms. The first-order chi connectivity index (χ1) is 18.3. The van der Waals surface area contributed by atoms with Crippen LogP contribution < -0.4 is 10.2 Å². The van der Waals surface area contributed by atoms with Gasteiger partial charge in [0.1, 0.15) is 17.3 Å². The maximum atomic E-state index is 13.4. The van der Waals surface area contributed by atoms with Gasteiger partial charge in [-0.15, -0.1) is 0 Å². The number of sulfonamides is 1. The van der Waals surface area contributed by atoms with Crippen molar-refractivity contribution in [3.05, 3.63) is 126 Å². The van der Waals surface area contributed by atoms with Gasteiger partial charge in [-0.25, -0.2) is 18.2 Å². The van der Waals surface area contributed by atoms with E-state index in [0.29, 0.717) is 22.6 Å². The molecule has 0 saturated heterocycles. The molecule has 0 spiro atoms. The van der Waals surface area contributed by atoms with E-state index in [4.69, 9.17) is 4.74 Å². The molecule has 1 amide bonds. The molecule has 0 aliphatic carbocycles. The number of amides is 1. The van der Waals surface area contributed by atoms with Gasteiger partial charge < -0.3 is 4.74 Å². The number of aryl methyl sites for hydroxylation is 1. The molecular formula is C29H26FN3O4S. The number of rotatable bonds is 10. The smallest absolute Gasteiger partial charge is 0.255 e. The molecule has 0 atom stereocenters. The predicted octanol–water partition coefficient (Wildman–Crippen LogP) is 5.27. The van der Waals surface area contributed by atoms with Gasteiger partial charge in [0.25, 0.3) is 5.91 Å². The Morgan fingerprint density at radius 2 is 1.61 bits per heavy atom. The van der Waals surface area contributed by atoms with Crippen LogP contribution in [-0.2, 0) is 21.4 Å². The Balaban J connectivity index is 1.45. The summed E-state index contributed by atoms with van der Waals surface area (Å²) < 4.78 is 46.9. The summed E-state index contributed by atoms with van der Waals surface area (Å²) in [5, 5.41) is 3.98. The van der Waals surface area contributed by atoms with Gasteiger partial charge >= 0.3 is 0 Å². The molecule has 0 saturated carbocycles. The van der Waals surface area contributed by atoms with Crippen LogP contribution in [-0.4, -0.2) is 31.4 Å². The molecule has 0 radical (unpaired) electrons. The molecule has 0 aromatic heterocycles. The van der Waals surface area contributed by atoms with Crippen LogP contribution in [0.3, 0.4) is 0 Å². The van der Waals surface area contributed by atoms with Crippen molar-refractivity contribution in [1.29, 1.82) is 0 Å². The number of hydrogen-bond acceptors (Lipinski definition) is 5. The minimum atomic E-state index is -4.02. The van der Waals surface area contributed by atoms with Crippen LogP contribution in [0.2, 0.25) is 0 Å². The maximum absolute atomic E-state index is 13.4. The number of ether oxygens (including phenoxy) is 1. The van der Waals surface area contributed by atoms with E-state index in [1.807, 2.05) is 37.3 Å². The molecule has 0 fully saturated rings. The summed E-state index contributed by atoms with van der Waals surface area (Å²) in [6.07, 6.45) is 1.44. The van der Waals surface area contributed by atoms with E-state index in [9.17, 15) is 17.6 Å². The third-order valence-electron chi connectivity index (χ3n) is 5.49. The SMILES string of the molecule is Cc1ccc(S(=O)(=O)N(CC(=O)N/N=C\c2cccc(Oc3ccccc3)c2)Cc2ccc(F)cc2)cc1. The van der Waals surface area contributed by atoms with Crippen molar-refractivity contribution < 1.29 is 22.3 Å². The molecule has 1 N–H and O–H groups in total. The van der Waals surface area contributed by atoms with Crippen molar-refractivity contribution in [3.63, 3.8) is 0 Å². The van der Waals surface area contributed by atoms with Crippen LogP contribution in [0.5, 0.6) is 11.5 Å². The zero-order valence-electron chi connectivity index (χ0n) is 20.6. The summed E-state index contributed by atoms with van der Waals surface area (Å²) in [6.45, 7) is 1.25. The van der Waals surface area contributed by atoms with Crippen LogP contribution in [0.1, 0.15) is 16.7 Å². The van der Waals surface area contributed by atoms with Crippen molar-refractivity contribution in [2.75, 3.05) is 6.54 Å². The molecule has 0 heterocycles. The van der Waals surface area contributed by atoms with Gasteiger partial charge in [-0.05, 0) is 66.6 Å². The van der Waals surface area contributed by atoms with Crippen molar-refractivity contribution in [2.45, 2.75) is 18.4 Å².